The molecule has 0 bridgehead atoms. The van der Waals surface area contributed by atoms with Crippen molar-refractivity contribution >= 4 is 22.9 Å². The second kappa shape index (κ2) is 6.80. The first kappa shape index (κ1) is 14.9. The van der Waals surface area contributed by atoms with Crippen LogP contribution < -0.4 is 5.32 Å². The van der Waals surface area contributed by atoms with Crippen LogP contribution in [0.25, 0.3) is 11.0 Å². The van der Waals surface area contributed by atoms with E-state index in [-0.39, 0.29) is 17.9 Å². The van der Waals surface area contributed by atoms with Gasteiger partial charge in [-0.15, -0.1) is 5.10 Å². The number of hydrogen-bond acceptors (Lipinski definition) is 5. The quantitative estimate of drug-likeness (QED) is 0.710. The maximum Gasteiger partial charge on any atom is 0.338 e. The summed E-state index contributed by atoms with van der Waals surface area (Å²) in [5, 5.41) is 19.6. The maximum atomic E-state index is 11.6. The molecule has 0 spiro atoms. The second-order valence-corrected chi connectivity index (χ2v) is 4.38. The Bertz CT molecular complexity index is 653. The van der Waals surface area contributed by atoms with Crippen LogP contribution in [0.3, 0.4) is 0 Å². The molecule has 1 aromatic carbocycles. The Hall–Kier alpha value is -2.48. The molecule has 0 unspecified atom stereocenters. The van der Waals surface area contributed by atoms with Crippen LogP contribution in [0.1, 0.15) is 16.8 Å². The number of nitrogens with one attached hydrogen (secondary N) is 1. The molecule has 0 aliphatic carbocycles. The zero-order valence-corrected chi connectivity index (χ0v) is 11.6. The average molecular weight is 292 g/mol. The Balaban J connectivity index is 2.05. The minimum Gasteiger partial charge on any atom is -0.478 e. The molecule has 0 aliphatic rings. The van der Waals surface area contributed by atoms with Gasteiger partial charge in [0.2, 0.25) is 5.91 Å². The van der Waals surface area contributed by atoms with Crippen molar-refractivity contribution in [2.24, 2.45) is 0 Å². The van der Waals surface area contributed by atoms with Gasteiger partial charge >= 0.3 is 5.97 Å². The highest BCUT2D eigenvalue weighted by molar-refractivity contribution is 6.00. The number of amides is 1. The van der Waals surface area contributed by atoms with Crippen LogP contribution >= 0.6 is 0 Å². The molecule has 0 saturated heterocycles. The third-order valence-electron chi connectivity index (χ3n) is 2.95. The summed E-state index contributed by atoms with van der Waals surface area (Å²) >= 11 is 0. The van der Waals surface area contributed by atoms with Gasteiger partial charge in [-0.2, -0.15) is 0 Å². The van der Waals surface area contributed by atoms with Crippen molar-refractivity contribution < 1.29 is 19.4 Å². The number of carboxylic acids is 1. The number of ether oxygens (including phenoxy) is 1. The van der Waals surface area contributed by atoms with Crippen molar-refractivity contribution in [1.29, 1.82) is 0 Å². The van der Waals surface area contributed by atoms with Gasteiger partial charge < -0.3 is 15.2 Å². The number of hydrogen-bond donors (Lipinski definition) is 2. The van der Waals surface area contributed by atoms with Gasteiger partial charge in [0.05, 0.1) is 24.2 Å². The Morgan fingerprint density at radius 3 is 2.95 bits per heavy atom. The van der Waals surface area contributed by atoms with E-state index in [1.807, 2.05) is 0 Å². The van der Waals surface area contributed by atoms with Gasteiger partial charge in [0.15, 0.2) is 0 Å². The smallest absolute Gasteiger partial charge is 0.338 e. The molecule has 2 N–H and O–H groups in total. The number of rotatable bonds is 7. The highest BCUT2D eigenvalue weighted by atomic mass is 16.5. The normalized spacial score (nSPS) is 10.7. The molecule has 112 valence electrons. The van der Waals surface area contributed by atoms with Gasteiger partial charge in [-0.3, -0.25) is 4.79 Å². The Kier molecular flexibility index (Phi) is 4.83. The lowest BCUT2D eigenvalue weighted by molar-refractivity contribution is -0.121. The number of aryl methyl sites for hydroxylation is 1. The standard InChI is InChI=1S/C13H16N4O4/c1-21-8-6-14-11(18)5-7-17-10-4-2-3-9(13(19)20)12(10)15-16-17/h2-4H,5-8H2,1H3,(H,14,18)(H,19,20). The van der Waals surface area contributed by atoms with E-state index in [0.717, 1.165) is 0 Å². The van der Waals surface area contributed by atoms with E-state index in [1.165, 1.54) is 10.7 Å². The third-order valence-corrected chi connectivity index (χ3v) is 2.95. The number of carbonyl (C=O) groups is 2. The first-order valence-electron chi connectivity index (χ1n) is 6.44. The zero-order valence-electron chi connectivity index (χ0n) is 11.6. The summed E-state index contributed by atoms with van der Waals surface area (Å²) in [5.41, 5.74) is 1.02. The number of fused-ring (bicyclic) bond motifs is 1. The number of benzene rings is 1. The zero-order chi connectivity index (χ0) is 15.2. The fraction of sp³-hybridized carbons (Fsp3) is 0.385. The van der Waals surface area contributed by atoms with Crippen molar-refractivity contribution in [3.63, 3.8) is 0 Å². The lowest BCUT2D eigenvalue weighted by Crippen LogP contribution is -2.27. The molecule has 1 amide bonds. The summed E-state index contributed by atoms with van der Waals surface area (Å²) in [6.07, 6.45) is 0.236. The summed E-state index contributed by atoms with van der Waals surface area (Å²) in [7, 11) is 1.56. The molecule has 2 rings (SSSR count). The molecule has 0 radical (unpaired) electrons. The number of aromatic nitrogens is 3. The van der Waals surface area contributed by atoms with Crippen LogP contribution in [0.2, 0.25) is 0 Å². The largest absolute Gasteiger partial charge is 0.478 e. The molecule has 0 aliphatic heterocycles. The Labute approximate surface area is 120 Å². The van der Waals surface area contributed by atoms with Crippen LogP contribution in [-0.4, -0.2) is 52.2 Å². The van der Waals surface area contributed by atoms with Crippen molar-refractivity contribution in [2.45, 2.75) is 13.0 Å². The molecule has 0 fully saturated rings. The first-order valence-corrected chi connectivity index (χ1v) is 6.44. The predicted molar refractivity (Wildman–Crippen MR) is 74.0 cm³/mol. The van der Waals surface area contributed by atoms with E-state index in [4.69, 9.17) is 9.84 Å². The highest BCUT2D eigenvalue weighted by Gasteiger charge is 2.14. The SMILES string of the molecule is COCCNC(=O)CCn1nnc2c(C(=O)O)cccc21. The number of methoxy groups -OCH3 is 1. The van der Waals surface area contributed by atoms with E-state index in [1.54, 1.807) is 19.2 Å². The van der Waals surface area contributed by atoms with Crippen molar-refractivity contribution in [3.8, 4) is 0 Å². The molecule has 0 atom stereocenters. The van der Waals surface area contributed by atoms with Crippen LogP contribution in [-0.2, 0) is 16.1 Å². The van der Waals surface area contributed by atoms with E-state index >= 15 is 0 Å². The molecule has 8 nitrogen and oxygen atoms in total. The van der Waals surface area contributed by atoms with Crippen LogP contribution in [0.4, 0.5) is 0 Å². The van der Waals surface area contributed by atoms with E-state index in [9.17, 15) is 9.59 Å². The maximum absolute atomic E-state index is 11.6. The topological polar surface area (TPSA) is 106 Å². The molecular weight excluding hydrogens is 276 g/mol. The van der Waals surface area contributed by atoms with Gasteiger partial charge in [-0.25, -0.2) is 9.48 Å². The number of carbonyl (C=O) groups excluding carboxylic acids is 1. The Morgan fingerprint density at radius 2 is 2.24 bits per heavy atom. The van der Waals surface area contributed by atoms with E-state index in [0.29, 0.717) is 30.7 Å². The molecule has 2 aromatic rings. The van der Waals surface area contributed by atoms with Gasteiger partial charge in [0.1, 0.15) is 5.52 Å². The van der Waals surface area contributed by atoms with Crippen molar-refractivity contribution in [2.75, 3.05) is 20.3 Å². The van der Waals surface area contributed by atoms with E-state index < -0.39 is 5.97 Å². The number of carboxylic acid groups (broad SMARTS) is 1. The summed E-state index contributed by atoms with van der Waals surface area (Å²) in [6, 6.07) is 4.83. The molecule has 0 saturated carbocycles. The summed E-state index contributed by atoms with van der Waals surface area (Å²) in [5.74, 6) is -1.17. The summed E-state index contributed by atoms with van der Waals surface area (Å²) < 4.78 is 6.36. The average Bonchev–Trinajstić information content (AvgIpc) is 2.88. The van der Waals surface area contributed by atoms with Crippen LogP contribution in [0.15, 0.2) is 18.2 Å². The molecule has 1 heterocycles. The fourth-order valence-corrected chi connectivity index (χ4v) is 1.92. The summed E-state index contributed by atoms with van der Waals surface area (Å²) in [6.45, 7) is 1.24. The van der Waals surface area contributed by atoms with Gasteiger partial charge in [0.25, 0.3) is 0 Å². The lowest BCUT2D eigenvalue weighted by atomic mass is 10.2. The minimum atomic E-state index is -1.05. The minimum absolute atomic E-state index is 0.100. The lowest BCUT2D eigenvalue weighted by Gasteiger charge is -2.05. The monoisotopic (exact) mass is 292 g/mol. The Morgan fingerprint density at radius 1 is 1.43 bits per heavy atom. The van der Waals surface area contributed by atoms with E-state index in [2.05, 4.69) is 15.6 Å². The fourth-order valence-electron chi connectivity index (χ4n) is 1.92. The molecule has 21 heavy (non-hydrogen) atoms. The second-order valence-electron chi connectivity index (χ2n) is 4.38. The van der Waals surface area contributed by atoms with Gasteiger partial charge in [0, 0.05) is 20.1 Å². The first-order chi connectivity index (χ1) is 10.1. The van der Waals surface area contributed by atoms with Crippen LogP contribution in [0, 0.1) is 0 Å². The molecule has 1 aromatic heterocycles. The predicted octanol–water partition coefficient (Wildman–Crippen LogP) is 0.282. The highest BCUT2D eigenvalue weighted by Crippen LogP contribution is 2.16. The van der Waals surface area contributed by atoms with Crippen LogP contribution in [0.5, 0.6) is 0 Å². The molecular formula is C13H16N4O4. The van der Waals surface area contributed by atoms with Gasteiger partial charge in [-0.1, -0.05) is 11.3 Å². The number of nitrogens with zero attached hydrogens (tertiary/aromatic N) is 3. The third kappa shape index (κ3) is 3.54. The summed E-state index contributed by atoms with van der Waals surface area (Å²) in [4.78, 5) is 22.7. The number of aromatic carboxylic acids is 1. The molecule has 8 heteroatoms. The van der Waals surface area contributed by atoms with Gasteiger partial charge in [-0.05, 0) is 12.1 Å². The van der Waals surface area contributed by atoms with Crippen molar-refractivity contribution in [1.82, 2.24) is 20.3 Å². The van der Waals surface area contributed by atoms with Crippen molar-refractivity contribution in [3.05, 3.63) is 23.8 Å².